The molecule has 0 amide bonds. The highest BCUT2D eigenvalue weighted by atomic mass is 35.5. The van der Waals surface area contributed by atoms with E-state index in [9.17, 15) is 19.2 Å². The zero-order chi connectivity index (χ0) is 24.5. The Balaban J connectivity index is 0.000000318. The first-order chi connectivity index (χ1) is 15.8. The maximum absolute atomic E-state index is 11.4. The number of carbonyl (C=O) groups excluding carboxylic acids is 4. The first-order valence-electron chi connectivity index (χ1n) is 9.12. The monoisotopic (exact) mass is 550 g/mol. The minimum Gasteiger partial charge on any atom is -0.460 e. The smallest absolute Gasteiger partial charge is 0.317 e. The fourth-order valence-electron chi connectivity index (χ4n) is 1.79. The van der Waals surface area contributed by atoms with Gasteiger partial charge in [0.2, 0.25) is 10.5 Å². The molecule has 0 bridgehead atoms. The molecule has 3 aromatic heterocycles. The average molecular weight is 551 g/mol. The highest BCUT2D eigenvalue weighted by molar-refractivity contribution is 7.08. The van der Waals surface area contributed by atoms with E-state index in [0.717, 1.165) is 16.7 Å². The van der Waals surface area contributed by atoms with Crippen LogP contribution in [0.25, 0.3) is 0 Å². The number of thiophene rings is 3. The molecular weight excluding hydrogens is 531 g/mol. The molecule has 0 fully saturated rings. The Kier molecular flexibility index (Phi) is 15.3. The first kappa shape index (κ1) is 29.0. The van der Waals surface area contributed by atoms with Crippen molar-refractivity contribution in [2.45, 2.75) is 32.7 Å². The summed E-state index contributed by atoms with van der Waals surface area (Å²) in [6, 6.07) is 5.64. The molecule has 12 heteroatoms. The van der Waals surface area contributed by atoms with Gasteiger partial charge in [-0.25, -0.2) is 0 Å². The van der Waals surface area contributed by atoms with Gasteiger partial charge in [0.15, 0.2) is 0 Å². The molecule has 33 heavy (non-hydrogen) atoms. The molecule has 0 aliphatic carbocycles. The van der Waals surface area contributed by atoms with Crippen molar-refractivity contribution in [3.8, 4) is 0 Å². The van der Waals surface area contributed by atoms with Crippen LogP contribution in [-0.4, -0.2) is 27.5 Å². The molecule has 3 rings (SSSR count). The van der Waals surface area contributed by atoms with E-state index in [1.165, 1.54) is 22.7 Å². The van der Waals surface area contributed by atoms with Crippen LogP contribution < -0.4 is 0 Å². The lowest BCUT2D eigenvalue weighted by Crippen LogP contribution is -2.13. The molecule has 0 aromatic carbocycles. The van der Waals surface area contributed by atoms with Gasteiger partial charge in [-0.2, -0.15) is 34.0 Å². The zero-order valence-corrected chi connectivity index (χ0v) is 21.1. The molecule has 0 saturated carbocycles. The summed E-state index contributed by atoms with van der Waals surface area (Å²) < 4.78 is 9.93. The first-order valence-corrected chi connectivity index (χ1v) is 12.7. The summed E-state index contributed by atoms with van der Waals surface area (Å²) in [6.45, 7) is 0.559. The summed E-state index contributed by atoms with van der Waals surface area (Å²) in [5.74, 6) is -1.14. The van der Waals surface area contributed by atoms with Gasteiger partial charge in [-0.05, 0) is 79.2 Å². The number of rotatable bonds is 9. The van der Waals surface area contributed by atoms with Crippen molar-refractivity contribution in [2.24, 2.45) is 0 Å². The lowest BCUT2D eigenvalue weighted by molar-refractivity contribution is -0.156. The van der Waals surface area contributed by atoms with Gasteiger partial charge in [0.1, 0.15) is 19.6 Å². The van der Waals surface area contributed by atoms with E-state index in [2.05, 4.69) is 0 Å². The number of hydrogen-bond donors (Lipinski definition) is 1. The summed E-state index contributed by atoms with van der Waals surface area (Å²) in [7, 11) is 0. The predicted molar refractivity (Wildman–Crippen MR) is 129 cm³/mol. The van der Waals surface area contributed by atoms with Crippen LogP contribution >= 0.6 is 57.2 Å². The maximum Gasteiger partial charge on any atom is 0.317 e. The third kappa shape index (κ3) is 15.4. The standard InChI is InChI=1S/C13H12O4S2.C5H6OS.C3H2Cl2O2/c14-12(16-6-10-1-3-18-8-10)5-13(15)17-7-11-2-4-19-9-11;6-3-5-1-2-7-4-5;4-2(6)1-3(5)7/h1-4,8-9H,5-7H2;1-2,4,6H,3H2;1H2. The molecule has 1 N–H and O–H groups in total. The van der Waals surface area contributed by atoms with Crippen LogP contribution in [0, 0.1) is 0 Å². The molecule has 0 saturated heterocycles. The van der Waals surface area contributed by atoms with Crippen molar-refractivity contribution in [2.75, 3.05) is 0 Å². The molecule has 0 spiro atoms. The molecule has 0 aliphatic rings. The SMILES string of the molecule is O=C(CC(=O)OCc1ccsc1)OCc1ccsc1.O=C(Cl)CC(=O)Cl.OCc1ccsc1. The van der Waals surface area contributed by atoms with Gasteiger partial charge in [0, 0.05) is 11.1 Å². The highest BCUT2D eigenvalue weighted by Gasteiger charge is 2.12. The van der Waals surface area contributed by atoms with Crippen LogP contribution in [-0.2, 0) is 48.5 Å². The fraction of sp³-hybridized carbons (Fsp3) is 0.238. The van der Waals surface area contributed by atoms with E-state index in [4.69, 9.17) is 37.8 Å². The molecule has 178 valence electrons. The number of aliphatic hydroxyl groups excluding tert-OH is 1. The quantitative estimate of drug-likeness (QED) is 0.223. The zero-order valence-electron chi connectivity index (χ0n) is 17.1. The normalized spacial score (nSPS) is 9.55. The second-order valence-corrected chi connectivity index (χ2v) is 9.12. The van der Waals surface area contributed by atoms with Crippen LogP contribution in [0.15, 0.2) is 50.5 Å². The van der Waals surface area contributed by atoms with E-state index in [1.54, 1.807) is 11.3 Å². The third-order valence-corrected chi connectivity index (χ3v) is 5.75. The average Bonchev–Trinajstić information content (AvgIpc) is 3.54. The van der Waals surface area contributed by atoms with E-state index in [-0.39, 0.29) is 32.7 Å². The van der Waals surface area contributed by atoms with E-state index in [0.29, 0.717) is 0 Å². The van der Waals surface area contributed by atoms with Crippen LogP contribution in [0.4, 0.5) is 0 Å². The van der Waals surface area contributed by atoms with Crippen LogP contribution in [0.2, 0.25) is 0 Å². The van der Waals surface area contributed by atoms with Gasteiger partial charge < -0.3 is 14.6 Å². The summed E-state index contributed by atoms with van der Waals surface area (Å²) >= 11 is 14.1. The molecular formula is C21H20Cl2O7S3. The van der Waals surface area contributed by atoms with Gasteiger partial charge in [0.05, 0.1) is 13.0 Å². The summed E-state index contributed by atoms with van der Waals surface area (Å²) in [4.78, 5) is 42.2. The Morgan fingerprint density at radius 1 is 0.697 bits per heavy atom. The van der Waals surface area contributed by atoms with E-state index < -0.39 is 22.4 Å². The summed E-state index contributed by atoms with van der Waals surface area (Å²) in [6.07, 6.45) is -0.739. The molecule has 0 atom stereocenters. The second kappa shape index (κ2) is 17.4. The van der Waals surface area contributed by atoms with E-state index in [1.807, 2.05) is 50.5 Å². The topological polar surface area (TPSA) is 107 Å². The summed E-state index contributed by atoms with van der Waals surface area (Å²) in [5.41, 5.74) is 2.85. The number of carbonyl (C=O) groups is 4. The molecule has 0 radical (unpaired) electrons. The number of aliphatic hydroxyl groups is 1. The molecule has 7 nitrogen and oxygen atoms in total. The second-order valence-electron chi connectivity index (χ2n) is 5.94. The highest BCUT2D eigenvalue weighted by Crippen LogP contribution is 2.09. The van der Waals surface area contributed by atoms with Crippen LogP contribution in [0.1, 0.15) is 29.5 Å². The lowest BCUT2D eigenvalue weighted by atomic mass is 10.3. The number of ether oxygens (including phenoxy) is 2. The van der Waals surface area contributed by atoms with Gasteiger partial charge >= 0.3 is 11.9 Å². The molecule has 3 heterocycles. The third-order valence-electron chi connectivity index (χ3n) is 3.29. The maximum atomic E-state index is 11.4. The molecule has 0 aliphatic heterocycles. The Labute approximate surface area is 212 Å². The number of hydrogen-bond acceptors (Lipinski definition) is 10. The Morgan fingerprint density at radius 2 is 1.09 bits per heavy atom. The van der Waals surface area contributed by atoms with Crippen molar-refractivity contribution in [3.05, 3.63) is 67.2 Å². The minimum absolute atomic E-state index is 0.170. The largest absolute Gasteiger partial charge is 0.460 e. The van der Waals surface area contributed by atoms with E-state index >= 15 is 0 Å². The van der Waals surface area contributed by atoms with Gasteiger partial charge in [-0.15, -0.1) is 0 Å². The van der Waals surface area contributed by atoms with Crippen molar-refractivity contribution in [1.82, 2.24) is 0 Å². The minimum atomic E-state index is -0.722. The Bertz CT molecular complexity index is 896. The van der Waals surface area contributed by atoms with Crippen LogP contribution in [0.5, 0.6) is 0 Å². The summed E-state index contributed by atoms with van der Waals surface area (Å²) in [5, 5.41) is 18.5. The lowest BCUT2D eigenvalue weighted by Gasteiger charge is -2.04. The number of halogens is 2. The number of esters is 2. The van der Waals surface area contributed by atoms with Crippen molar-refractivity contribution in [3.63, 3.8) is 0 Å². The van der Waals surface area contributed by atoms with Gasteiger partial charge in [-0.3, -0.25) is 19.2 Å². The Morgan fingerprint density at radius 3 is 1.33 bits per heavy atom. The molecule has 3 aromatic rings. The van der Waals surface area contributed by atoms with Crippen molar-refractivity contribution >= 4 is 79.6 Å². The van der Waals surface area contributed by atoms with Crippen molar-refractivity contribution < 1.29 is 33.8 Å². The predicted octanol–water partition coefficient (Wildman–Crippen LogP) is 5.13. The van der Waals surface area contributed by atoms with Crippen LogP contribution in [0.3, 0.4) is 0 Å². The molecule has 0 unspecified atom stereocenters. The van der Waals surface area contributed by atoms with Gasteiger partial charge in [-0.1, -0.05) is 0 Å². The fourth-order valence-corrected chi connectivity index (χ4v) is 4.07. The Hall–Kier alpha value is -2.08. The van der Waals surface area contributed by atoms with Gasteiger partial charge in [0.25, 0.3) is 0 Å². The van der Waals surface area contributed by atoms with Crippen molar-refractivity contribution in [1.29, 1.82) is 0 Å².